The van der Waals surface area contributed by atoms with E-state index in [1.54, 1.807) is 15.6 Å². The van der Waals surface area contributed by atoms with Gasteiger partial charge in [-0.15, -0.1) is 0 Å². The smallest absolute Gasteiger partial charge is 0.0623 e. The highest BCUT2D eigenvalue weighted by molar-refractivity contribution is 7.22. The van der Waals surface area contributed by atoms with Crippen molar-refractivity contribution < 1.29 is 0 Å². The first-order chi connectivity index (χ1) is 35.2. The quantitative estimate of drug-likeness (QED) is 0.105. The van der Waals surface area contributed by atoms with Gasteiger partial charge in [0.25, 0.3) is 0 Å². The summed E-state index contributed by atoms with van der Waals surface area (Å²) in [5.41, 5.74) is 8.40. The van der Waals surface area contributed by atoms with E-state index in [4.69, 9.17) is 0 Å². The van der Waals surface area contributed by atoms with E-state index in [-0.39, 0.29) is 0 Å². The Labute approximate surface area is 421 Å². The van der Waals surface area contributed by atoms with E-state index in [0.717, 1.165) is 12.8 Å². The fourth-order valence-corrected chi connectivity index (χ4v) is 28.2. The number of hydrogen-bond acceptors (Lipinski definition) is 0. The molecule has 2 aliphatic rings. The van der Waals surface area contributed by atoms with Crippen molar-refractivity contribution in [2.24, 2.45) is 0 Å². The van der Waals surface area contributed by atoms with Gasteiger partial charge in [-0.25, -0.2) is 0 Å². The van der Waals surface area contributed by atoms with Crippen molar-refractivity contribution in [3.05, 3.63) is 313 Å². The van der Waals surface area contributed by atoms with Crippen LogP contribution in [-0.4, -0.2) is 24.2 Å². The molecule has 0 fully saturated rings. The molecule has 336 valence electrons. The van der Waals surface area contributed by atoms with Crippen LogP contribution in [0.2, 0.25) is 0 Å². The Hall–Kier alpha value is -7.93. The summed E-state index contributed by atoms with van der Waals surface area (Å²) in [7, 11) is -8.19. The summed E-state index contributed by atoms with van der Waals surface area (Å²) >= 11 is 0. The van der Waals surface area contributed by atoms with Crippen LogP contribution in [0.25, 0.3) is 11.1 Å². The van der Waals surface area contributed by atoms with Crippen molar-refractivity contribution in [2.75, 3.05) is 0 Å². The average Bonchev–Trinajstić information content (AvgIpc) is 3.45. The molecule has 11 aromatic carbocycles. The third kappa shape index (κ3) is 6.76. The van der Waals surface area contributed by atoms with Crippen molar-refractivity contribution >= 4 is 86.5 Å². The van der Waals surface area contributed by atoms with E-state index in [0.29, 0.717) is 0 Å². The molecule has 0 nitrogen and oxygen atoms in total. The van der Waals surface area contributed by atoms with E-state index in [1.807, 2.05) is 0 Å². The van der Waals surface area contributed by atoms with Gasteiger partial charge in [0, 0.05) is 0 Å². The highest BCUT2D eigenvalue weighted by Crippen LogP contribution is 2.30. The van der Waals surface area contributed by atoms with Gasteiger partial charge in [-0.2, -0.15) is 0 Å². The number of rotatable bonds is 9. The van der Waals surface area contributed by atoms with Crippen LogP contribution in [0.15, 0.2) is 291 Å². The minimum absolute atomic E-state index is 0.938. The number of benzene rings is 11. The third-order valence-electron chi connectivity index (χ3n) is 16.0. The van der Waals surface area contributed by atoms with Crippen LogP contribution in [0.1, 0.15) is 22.3 Å². The fourth-order valence-electron chi connectivity index (χ4n) is 13.0. The van der Waals surface area contributed by atoms with Gasteiger partial charge in [0.05, 0.1) is 0 Å². The highest BCUT2D eigenvalue weighted by Gasteiger charge is 2.50. The van der Waals surface area contributed by atoms with Crippen molar-refractivity contribution in [1.82, 2.24) is 0 Å². The van der Waals surface area contributed by atoms with E-state index in [1.165, 1.54) is 80.1 Å². The first-order valence-corrected chi connectivity index (χ1v) is 31.1. The molecule has 0 aliphatic carbocycles. The zero-order chi connectivity index (χ0) is 47.2. The molecule has 0 bridgehead atoms. The molecule has 0 saturated heterocycles. The van der Waals surface area contributed by atoms with Gasteiger partial charge in [0.1, 0.15) is 0 Å². The standard InChI is InChI=1S/C68H52Si3/c1-6-25-57(26-7-1)69(58-27-8-2-9-28-58,59-29-10-3-11-30-59)63-43-45-64(46-44-63)70(60-31-12-4-13-32-60,61-33-14-5-15-34-61)62-41-38-51(39-42-62)52-40-47-68-56(48-52)50-55-24-18-21-37-67(55)71(68)65-35-19-16-22-53(65)49-54-23-17-20-36-66(54)71/h1-48H,49-50H2. The Balaban J connectivity index is 0.969. The molecule has 1 spiro atoms. The predicted molar refractivity (Wildman–Crippen MR) is 308 cm³/mol. The third-order valence-corrected chi connectivity index (χ3v) is 30.7. The monoisotopic (exact) mass is 952 g/mol. The zero-order valence-corrected chi connectivity index (χ0v) is 42.6. The molecule has 71 heavy (non-hydrogen) atoms. The van der Waals surface area contributed by atoms with Gasteiger partial charge in [0.15, 0.2) is 24.2 Å². The second-order valence-corrected chi connectivity index (χ2v) is 30.7. The van der Waals surface area contributed by atoms with Crippen molar-refractivity contribution in [3.8, 4) is 11.1 Å². The molecule has 0 aromatic heterocycles. The van der Waals surface area contributed by atoms with Crippen LogP contribution in [0.4, 0.5) is 0 Å². The maximum atomic E-state index is 2.54. The highest BCUT2D eigenvalue weighted by atomic mass is 28.3. The molecule has 0 N–H and O–H groups in total. The SMILES string of the molecule is c1ccc([Si](c2ccccc2)(c2ccccc2)c2ccc([Si](c3ccccc3)(c3ccccc3)c3ccc(-c4ccc5c(c4)Cc4ccccc4[Si]54c5ccccc5Cc5ccccc54)cc3)cc2)cc1. The second-order valence-electron chi connectivity index (χ2n) is 19.4. The molecule has 3 heteroatoms. The Kier molecular flexibility index (Phi) is 10.8. The molecule has 0 radical (unpaired) electrons. The van der Waals surface area contributed by atoms with Crippen LogP contribution in [0.5, 0.6) is 0 Å². The fraction of sp³-hybridized carbons (Fsp3) is 0.0294. The first-order valence-electron chi connectivity index (χ1n) is 25.1. The largest absolute Gasteiger partial charge is 0.180 e. The molecule has 0 amide bonds. The van der Waals surface area contributed by atoms with Crippen molar-refractivity contribution in [3.63, 3.8) is 0 Å². The summed E-state index contributed by atoms with van der Waals surface area (Å²) < 4.78 is 0. The summed E-state index contributed by atoms with van der Waals surface area (Å²) in [5.74, 6) is 0. The van der Waals surface area contributed by atoms with Gasteiger partial charge in [-0.05, 0) is 108 Å². The van der Waals surface area contributed by atoms with E-state index in [2.05, 4.69) is 291 Å². The maximum absolute atomic E-state index is 2.88. The Morgan fingerprint density at radius 1 is 0.211 bits per heavy atom. The Bertz CT molecular complexity index is 3470. The van der Waals surface area contributed by atoms with Gasteiger partial charge >= 0.3 is 0 Å². The molecule has 11 aromatic rings. The number of fused-ring (bicyclic) bond motifs is 8. The van der Waals surface area contributed by atoms with Crippen LogP contribution in [-0.2, 0) is 12.8 Å². The molecule has 0 atom stereocenters. The maximum Gasteiger partial charge on any atom is 0.180 e. The van der Waals surface area contributed by atoms with Gasteiger partial charge in [-0.3, -0.25) is 0 Å². The van der Waals surface area contributed by atoms with E-state index in [9.17, 15) is 0 Å². The molecule has 13 rings (SSSR count). The van der Waals surface area contributed by atoms with Gasteiger partial charge < -0.3 is 0 Å². The topological polar surface area (TPSA) is 0 Å². The Morgan fingerprint density at radius 3 is 0.817 bits per heavy atom. The lowest BCUT2D eigenvalue weighted by atomic mass is 9.98. The molecular weight excluding hydrogens is 901 g/mol. The number of hydrogen-bond donors (Lipinski definition) is 0. The molecule has 0 saturated carbocycles. The second kappa shape index (κ2) is 17.8. The van der Waals surface area contributed by atoms with Crippen LogP contribution in [0, 0.1) is 0 Å². The van der Waals surface area contributed by atoms with E-state index < -0.39 is 24.2 Å². The molecule has 2 aliphatic heterocycles. The Morgan fingerprint density at radius 2 is 0.465 bits per heavy atom. The van der Waals surface area contributed by atoms with Crippen LogP contribution >= 0.6 is 0 Å². The van der Waals surface area contributed by atoms with Gasteiger partial charge in [-0.1, -0.05) is 291 Å². The summed E-state index contributed by atoms with van der Waals surface area (Å²) in [4.78, 5) is 0. The minimum atomic E-state index is -2.88. The summed E-state index contributed by atoms with van der Waals surface area (Å²) in [5, 5.41) is 17.2. The molecule has 0 unspecified atom stereocenters. The lowest BCUT2D eigenvalue weighted by Crippen LogP contribution is -2.79. The molecular formula is C68H52Si3. The first kappa shape index (κ1) is 43.1. The van der Waals surface area contributed by atoms with Crippen LogP contribution < -0.4 is 62.2 Å². The van der Waals surface area contributed by atoms with Crippen molar-refractivity contribution in [1.29, 1.82) is 0 Å². The summed E-state index contributed by atoms with van der Waals surface area (Å²) in [6.45, 7) is 0. The zero-order valence-electron chi connectivity index (χ0n) is 39.6. The predicted octanol–water partition coefficient (Wildman–Crippen LogP) is 7.29. The normalized spacial score (nSPS) is 13.4. The lowest BCUT2D eigenvalue weighted by molar-refractivity contribution is 1.18. The average molecular weight is 953 g/mol. The summed E-state index contributed by atoms with van der Waals surface area (Å²) in [6, 6.07) is 112. The minimum Gasteiger partial charge on any atom is -0.0623 e. The van der Waals surface area contributed by atoms with Crippen LogP contribution in [0.3, 0.4) is 0 Å². The summed E-state index contributed by atoms with van der Waals surface area (Å²) in [6.07, 6.45) is 1.93. The van der Waals surface area contributed by atoms with E-state index >= 15 is 0 Å². The van der Waals surface area contributed by atoms with Crippen molar-refractivity contribution in [2.45, 2.75) is 12.8 Å². The molecule has 2 heterocycles. The van der Waals surface area contributed by atoms with Gasteiger partial charge in [0.2, 0.25) is 0 Å². The lowest BCUT2D eigenvalue weighted by Gasteiger charge is -2.44.